The van der Waals surface area contributed by atoms with Crippen LogP contribution in [0.25, 0.3) is 0 Å². The van der Waals surface area contributed by atoms with Gasteiger partial charge in [-0.25, -0.2) is 13.4 Å². The van der Waals surface area contributed by atoms with Gasteiger partial charge < -0.3 is 4.74 Å². The fourth-order valence-electron chi connectivity index (χ4n) is 1.67. The number of nitrogens with one attached hydrogen (secondary N) is 1. The Bertz CT molecular complexity index is 682. The van der Waals surface area contributed by atoms with Gasteiger partial charge in [0.1, 0.15) is 11.6 Å². The van der Waals surface area contributed by atoms with Crippen LogP contribution in [0.1, 0.15) is 12.5 Å². The van der Waals surface area contributed by atoms with Gasteiger partial charge in [-0.2, -0.15) is 0 Å². The summed E-state index contributed by atoms with van der Waals surface area (Å²) in [4.78, 5) is 4.15. The van der Waals surface area contributed by atoms with Crippen LogP contribution in [-0.4, -0.2) is 20.0 Å². The molecule has 5 nitrogen and oxygen atoms in total. The Hall–Kier alpha value is -2.08. The summed E-state index contributed by atoms with van der Waals surface area (Å²) in [6.07, 6.45) is 1.56. The molecule has 0 aliphatic carbocycles. The molecule has 0 unspecified atom stereocenters. The second-order valence-corrected chi connectivity index (χ2v) is 5.91. The van der Waals surface area contributed by atoms with Crippen LogP contribution < -0.4 is 9.46 Å². The van der Waals surface area contributed by atoms with E-state index >= 15 is 0 Å². The minimum absolute atomic E-state index is 0.171. The highest BCUT2D eigenvalue weighted by atomic mass is 32.2. The van der Waals surface area contributed by atoms with Crippen molar-refractivity contribution in [1.82, 2.24) is 4.98 Å². The van der Waals surface area contributed by atoms with Crippen LogP contribution in [0.4, 0.5) is 5.82 Å². The summed E-state index contributed by atoms with van der Waals surface area (Å²) in [5.74, 6) is 0.944. The predicted octanol–water partition coefficient (Wildman–Crippen LogP) is 2.59. The Kier molecular flexibility index (Phi) is 4.24. The smallest absolute Gasteiger partial charge is 0.263 e. The van der Waals surface area contributed by atoms with E-state index in [9.17, 15) is 8.42 Å². The Balaban J connectivity index is 2.21. The van der Waals surface area contributed by atoms with Crippen molar-refractivity contribution in [3.05, 3.63) is 48.2 Å². The zero-order chi connectivity index (χ0) is 14.6. The standard InChI is InChI=1S/C14H16N2O3S/c1-3-19-12-4-6-13(7-5-12)20(17,18)16-14-10-11(2)8-9-15-14/h4-10H,3H2,1-2H3,(H,15,16). The van der Waals surface area contributed by atoms with E-state index < -0.39 is 10.0 Å². The predicted molar refractivity (Wildman–Crippen MR) is 77.4 cm³/mol. The lowest BCUT2D eigenvalue weighted by Crippen LogP contribution is -2.13. The van der Waals surface area contributed by atoms with Crippen molar-refractivity contribution in [2.45, 2.75) is 18.7 Å². The van der Waals surface area contributed by atoms with E-state index in [1.165, 1.54) is 12.1 Å². The van der Waals surface area contributed by atoms with Crippen LogP contribution in [0.5, 0.6) is 5.75 Å². The van der Waals surface area contributed by atoms with Crippen LogP contribution in [0.15, 0.2) is 47.5 Å². The number of hydrogen-bond acceptors (Lipinski definition) is 4. The second kappa shape index (κ2) is 5.92. The SMILES string of the molecule is CCOc1ccc(S(=O)(=O)Nc2cc(C)ccn2)cc1. The number of hydrogen-bond donors (Lipinski definition) is 1. The van der Waals surface area contributed by atoms with Gasteiger partial charge >= 0.3 is 0 Å². The molecule has 1 aromatic heterocycles. The second-order valence-electron chi connectivity index (χ2n) is 4.23. The number of anilines is 1. The first-order valence-electron chi connectivity index (χ1n) is 6.19. The first-order chi connectivity index (χ1) is 9.51. The van der Waals surface area contributed by atoms with Crippen molar-refractivity contribution in [2.75, 3.05) is 11.3 Å². The average molecular weight is 292 g/mol. The normalized spacial score (nSPS) is 11.1. The maximum atomic E-state index is 12.2. The quantitative estimate of drug-likeness (QED) is 0.919. The molecule has 0 aliphatic rings. The molecule has 2 rings (SSSR count). The fraction of sp³-hybridized carbons (Fsp3) is 0.214. The summed E-state index contributed by atoms with van der Waals surface area (Å²) in [5.41, 5.74) is 0.935. The van der Waals surface area contributed by atoms with Gasteiger partial charge in [0.05, 0.1) is 11.5 Å². The van der Waals surface area contributed by atoms with Gasteiger partial charge in [-0.1, -0.05) is 0 Å². The number of rotatable bonds is 5. The molecule has 106 valence electrons. The van der Waals surface area contributed by atoms with E-state index in [4.69, 9.17) is 4.74 Å². The van der Waals surface area contributed by atoms with Crippen molar-refractivity contribution < 1.29 is 13.2 Å². The molecular formula is C14H16N2O3S. The molecule has 0 radical (unpaired) electrons. The lowest BCUT2D eigenvalue weighted by molar-refractivity contribution is 0.340. The highest BCUT2D eigenvalue weighted by Crippen LogP contribution is 2.18. The number of aromatic nitrogens is 1. The summed E-state index contributed by atoms with van der Waals surface area (Å²) >= 11 is 0. The van der Waals surface area contributed by atoms with E-state index in [1.54, 1.807) is 30.5 Å². The van der Waals surface area contributed by atoms with E-state index in [0.29, 0.717) is 18.2 Å². The Morgan fingerprint density at radius 1 is 1.20 bits per heavy atom. The van der Waals surface area contributed by atoms with Gasteiger partial charge in [0.25, 0.3) is 10.0 Å². The van der Waals surface area contributed by atoms with Gasteiger partial charge in [-0.05, 0) is 55.8 Å². The van der Waals surface area contributed by atoms with Crippen LogP contribution >= 0.6 is 0 Å². The lowest BCUT2D eigenvalue weighted by atomic mass is 10.3. The number of ether oxygens (including phenoxy) is 1. The Morgan fingerprint density at radius 2 is 1.90 bits per heavy atom. The van der Waals surface area contributed by atoms with Crippen LogP contribution in [-0.2, 0) is 10.0 Å². The third kappa shape index (κ3) is 3.48. The molecule has 0 atom stereocenters. The van der Waals surface area contributed by atoms with Crippen LogP contribution in [0.3, 0.4) is 0 Å². The van der Waals surface area contributed by atoms with E-state index in [1.807, 2.05) is 13.8 Å². The third-order valence-corrected chi connectivity index (χ3v) is 3.97. The molecule has 1 N–H and O–H groups in total. The molecule has 0 amide bonds. The van der Waals surface area contributed by atoms with Gasteiger partial charge in [0.15, 0.2) is 0 Å². The molecule has 6 heteroatoms. The molecule has 0 fully saturated rings. The van der Waals surface area contributed by atoms with E-state index in [-0.39, 0.29) is 4.90 Å². The van der Waals surface area contributed by atoms with Crippen molar-refractivity contribution >= 4 is 15.8 Å². The van der Waals surface area contributed by atoms with Crippen molar-refractivity contribution in [2.24, 2.45) is 0 Å². The van der Waals surface area contributed by atoms with Gasteiger partial charge in [-0.3, -0.25) is 4.72 Å². The molecule has 0 saturated heterocycles. The minimum Gasteiger partial charge on any atom is -0.494 e. The first-order valence-corrected chi connectivity index (χ1v) is 7.68. The highest BCUT2D eigenvalue weighted by molar-refractivity contribution is 7.92. The number of pyridine rings is 1. The number of sulfonamides is 1. The van der Waals surface area contributed by atoms with Crippen molar-refractivity contribution in [3.8, 4) is 5.75 Å². The highest BCUT2D eigenvalue weighted by Gasteiger charge is 2.14. The van der Waals surface area contributed by atoms with Gasteiger partial charge in [-0.15, -0.1) is 0 Å². The average Bonchev–Trinajstić information content (AvgIpc) is 2.39. The summed E-state index contributed by atoms with van der Waals surface area (Å²) in [6.45, 7) is 4.28. The topological polar surface area (TPSA) is 68.3 Å². The molecule has 20 heavy (non-hydrogen) atoms. The van der Waals surface area contributed by atoms with E-state index in [0.717, 1.165) is 5.56 Å². The molecule has 0 bridgehead atoms. The Morgan fingerprint density at radius 3 is 2.50 bits per heavy atom. The number of benzene rings is 1. The zero-order valence-corrected chi connectivity index (χ0v) is 12.1. The molecular weight excluding hydrogens is 276 g/mol. The number of nitrogens with zero attached hydrogens (tertiary/aromatic N) is 1. The van der Waals surface area contributed by atoms with E-state index in [2.05, 4.69) is 9.71 Å². The maximum Gasteiger partial charge on any atom is 0.263 e. The van der Waals surface area contributed by atoms with Crippen molar-refractivity contribution in [3.63, 3.8) is 0 Å². The number of aryl methyl sites for hydroxylation is 1. The molecule has 2 aromatic rings. The van der Waals surface area contributed by atoms with Crippen molar-refractivity contribution in [1.29, 1.82) is 0 Å². The fourth-order valence-corrected chi connectivity index (χ4v) is 2.67. The molecule has 0 saturated carbocycles. The van der Waals surface area contributed by atoms with Crippen LogP contribution in [0.2, 0.25) is 0 Å². The third-order valence-electron chi connectivity index (χ3n) is 2.60. The first kappa shape index (κ1) is 14.3. The summed E-state index contributed by atoms with van der Waals surface area (Å²) < 4.78 is 32.1. The van der Waals surface area contributed by atoms with Gasteiger partial charge in [0, 0.05) is 6.20 Å². The summed E-state index contributed by atoms with van der Waals surface area (Å²) in [7, 11) is -3.63. The molecule has 0 aliphatic heterocycles. The maximum absolute atomic E-state index is 12.2. The van der Waals surface area contributed by atoms with Crippen LogP contribution in [0, 0.1) is 6.92 Å². The molecule has 0 spiro atoms. The van der Waals surface area contributed by atoms with Gasteiger partial charge in [0.2, 0.25) is 0 Å². The molecule has 1 aromatic carbocycles. The lowest BCUT2D eigenvalue weighted by Gasteiger charge is -2.08. The minimum atomic E-state index is -3.63. The Labute approximate surface area is 118 Å². The monoisotopic (exact) mass is 292 g/mol. The summed E-state index contributed by atoms with van der Waals surface area (Å²) in [6, 6.07) is 9.73. The molecule has 1 heterocycles. The summed E-state index contributed by atoms with van der Waals surface area (Å²) in [5, 5.41) is 0. The largest absolute Gasteiger partial charge is 0.494 e. The zero-order valence-electron chi connectivity index (χ0n) is 11.3.